The molecule has 0 aliphatic heterocycles. The van der Waals surface area contributed by atoms with Gasteiger partial charge in [-0.1, -0.05) is 24.3 Å². The number of aryl methyl sites for hydroxylation is 2. The molecule has 0 aliphatic rings. The minimum atomic E-state index is -0.354. The molecule has 0 fully saturated rings. The van der Waals surface area contributed by atoms with Crippen LogP contribution in [0, 0.1) is 13.8 Å². The molecule has 3 N–H and O–H groups in total. The van der Waals surface area contributed by atoms with Crippen molar-refractivity contribution in [3.63, 3.8) is 0 Å². The SMILES string of the molecule is COc1cc(NC(=O)c2cccs2)c(OC)cc1NC(=O)CCC(=O)Nc1c(C)cccc1C. The fourth-order valence-corrected chi connectivity index (χ4v) is 3.96. The van der Waals surface area contributed by atoms with Gasteiger partial charge in [0.1, 0.15) is 11.5 Å². The molecule has 2 aromatic carbocycles. The highest BCUT2D eigenvalue weighted by Crippen LogP contribution is 2.37. The largest absolute Gasteiger partial charge is 0.494 e. The third kappa shape index (κ3) is 6.14. The van der Waals surface area contributed by atoms with Crippen molar-refractivity contribution in [2.75, 3.05) is 30.2 Å². The van der Waals surface area contributed by atoms with E-state index in [9.17, 15) is 14.4 Å². The maximum atomic E-state index is 12.5. The number of thiophene rings is 1. The van der Waals surface area contributed by atoms with Crippen LogP contribution in [0.15, 0.2) is 47.8 Å². The van der Waals surface area contributed by atoms with E-state index >= 15 is 0 Å². The summed E-state index contributed by atoms with van der Waals surface area (Å²) in [6, 6.07) is 12.4. The highest BCUT2D eigenvalue weighted by molar-refractivity contribution is 7.12. The lowest BCUT2D eigenvalue weighted by Crippen LogP contribution is -2.18. The van der Waals surface area contributed by atoms with Gasteiger partial charge < -0.3 is 25.4 Å². The predicted octanol–water partition coefficient (Wildman–Crippen LogP) is 4.99. The standard InChI is InChI=1S/C25H27N3O5S/c1-15-7-5-8-16(2)24(15)28-23(30)11-10-22(29)26-17-13-20(33-4)18(14-19(17)32-3)27-25(31)21-9-6-12-34-21/h5-9,12-14H,10-11H2,1-4H3,(H,26,29)(H,27,31)(H,28,30). The Bertz CT molecular complexity index is 1170. The summed E-state index contributed by atoms with van der Waals surface area (Å²) in [5.74, 6) is -0.178. The number of anilines is 3. The zero-order chi connectivity index (χ0) is 24.7. The molecule has 0 spiro atoms. The van der Waals surface area contributed by atoms with Crippen LogP contribution in [-0.4, -0.2) is 31.9 Å². The number of hydrogen-bond acceptors (Lipinski definition) is 6. The van der Waals surface area contributed by atoms with Crippen LogP contribution in [0.25, 0.3) is 0 Å². The van der Waals surface area contributed by atoms with Crippen molar-refractivity contribution >= 4 is 46.1 Å². The Morgan fingerprint density at radius 3 is 1.88 bits per heavy atom. The lowest BCUT2D eigenvalue weighted by atomic mass is 10.1. The van der Waals surface area contributed by atoms with Gasteiger partial charge in [-0.2, -0.15) is 0 Å². The minimum absolute atomic E-state index is 0.0148. The second kappa shape index (κ2) is 11.3. The third-order valence-corrected chi connectivity index (χ3v) is 5.98. The molecule has 0 saturated carbocycles. The highest BCUT2D eigenvalue weighted by Gasteiger charge is 2.17. The molecule has 0 bridgehead atoms. The molecule has 3 aromatic rings. The molecule has 0 atom stereocenters. The number of ether oxygens (including phenoxy) is 2. The summed E-state index contributed by atoms with van der Waals surface area (Å²) in [5.41, 5.74) is 3.46. The second-order valence-electron chi connectivity index (χ2n) is 7.55. The number of para-hydroxylation sites is 1. The highest BCUT2D eigenvalue weighted by atomic mass is 32.1. The van der Waals surface area contributed by atoms with E-state index in [2.05, 4.69) is 16.0 Å². The van der Waals surface area contributed by atoms with Crippen LogP contribution in [0.4, 0.5) is 17.1 Å². The van der Waals surface area contributed by atoms with E-state index in [1.54, 1.807) is 24.3 Å². The summed E-state index contributed by atoms with van der Waals surface area (Å²) in [6.45, 7) is 3.84. The number of carbonyl (C=O) groups is 3. The summed E-state index contributed by atoms with van der Waals surface area (Å²) >= 11 is 1.32. The first kappa shape index (κ1) is 24.8. The van der Waals surface area contributed by atoms with Crippen LogP contribution in [0.5, 0.6) is 11.5 Å². The van der Waals surface area contributed by atoms with Crippen molar-refractivity contribution in [1.82, 2.24) is 0 Å². The van der Waals surface area contributed by atoms with E-state index < -0.39 is 0 Å². The molecule has 9 heteroatoms. The number of methoxy groups -OCH3 is 2. The molecular formula is C25H27N3O5S. The molecule has 0 unspecified atom stereocenters. The van der Waals surface area contributed by atoms with E-state index in [4.69, 9.17) is 9.47 Å². The molecule has 0 saturated heterocycles. The molecule has 0 aliphatic carbocycles. The van der Waals surface area contributed by atoms with Gasteiger partial charge in [0.15, 0.2) is 0 Å². The van der Waals surface area contributed by atoms with Gasteiger partial charge in [-0.15, -0.1) is 11.3 Å². The van der Waals surface area contributed by atoms with Crippen molar-refractivity contribution in [2.24, 2.45) is 0 Å². The van der Waals surface area contributed by atoms with Crippen LogP contribution in [-0.2, 0) is 9.59 Å². The smallest absolute Gasteiger partial charge is 0.265 e. The average molecular weight is 482 g/mol. The van der Waals surface area contributed by atoms with Gasteiger partial charge in [0.05, 0.1) is 30.5 Å². The van der Waals surface area contributed by atoms with Crippen molar-refractivity contribution in [1.29, 1.82) is 0 Å². The lowest BCUT2D eigenvalue weighted by Gasteiger charge is -2.16. The van der Waals surface area contributed by atoms with Gasteiger partial charge in [0, 0.05) is 30.7 Å². The van der Waals surface area contributed by atoms with Gasteiger partial charge in [-0.3, -0.25) is 14.4 Å². The Morgan fingerprint density at radius 1 is 0.794 bits per heavy atom. The maximum Gasteiger partial charge on any atom is 0.265 e. The molecule has 3 amide bonds. The van der Waals surface area contributed by atoms with E-state index in [1.165, 1.54) is 25.6 Å². The fraction of sp³-hybridized carbons (Fsp3) is 0.240. The molecule has 178 valence electrons. The Balaban J connectivity index is 1.65. The van der Waals surface area contributed by atoms with Gasteiger partial charge in [-0.25, -0.2) is 0 Å². The summed E-state index contributed by atoms with van der Waals surface area (Å²) in [5, 5.41) is 10.2. The Kier molecular flexibility index (Phi) is 8.26. The summed E-state index contributed by atoms with van der Waals surface area (Å²) in [6.07, 6.45) is 0.00705. The van der Waals surface area contributed by atoms with E-state index in [1.807, 2.05) is 37.4 Å². The summed E-state index contributed by atoms with van der Waals surface area (Å²) in [7, 11) is 2.92. The van der Waals surface area contributed by atoms with Gasteiger partial charge >= 0.3 is 0 Å². The topological polar surface area (TPSA) is 106 Å². The molecule has 34 heavy (non-hydrogen) atoms. The number of rotatable bonds is 9. The predicted molar refractivity (Wildman–Crippen MR) is 134 cm³/mol. The minimum Gasteiger partial charge on any atom is -0.494 e. The number of hydrogen-bond donors (Lipinski definition) is 3. The van der Waals surface area contributed by atoms with Crippen LogP contribution in [0.1, 0.15) is 33.6 Å². The van der Waals surface area contributed by atoms with Crippen LogP contribution in [0.3, 0.4) is 0 Å². The Labute approximate surface area is 202 Å². The first-order valence-electron chi connectivity index (χ1n) is 10.6. The van der Waals surface area contributed by atoms with Crippen LogP contribution >= 0.6 is 11.3 Å². The number of amides is 3. The molecule has 1 heterocycles. The van der Waals surface area contributed by atoms with E-state index in [0.717, 1.165) is 16.8 Å². The van der Waals surface area contributed by atoms with Crippen LogP contribution in [0.2, 0.25) is 0 Å². The van der Waals surface area contributed by atoms with Crippen LogP contribution < -0.4 is 25.4 Å². The first-order valence-corrected chi connectivity index (χ1v) is 11.5. The fourth-order valence-electron chi connectivity index (χ4n) is 3.34. The number of carbonyl (C=O) groups excluding carboxylic acids is 3. The van der Waals surface area contributed by atoms with Gasteiger partial charge in [-0.05, 0) is 36.4 Å². The average Bonchev–Trinajstić information content (AvgIpc) is 3.36. The van der Waals surface area contributed by atoms with E-state index in [-0.39, 0.29) is 30.6 Å². The second-order valence-corrected chi connectivity index (χ2v) is 8.50. The molecular weight excluding hydrogens is 454 g/mol. The monoisotopic (exact) mass is 481 g/mol. The molecule has 1 aromatic heterocycles. The zero-order valence-electron chi connectivity index (χ0n) is 19.5. The Morgan fingerprint density at radius 2 is 1.35 bits per heavy atom. The zero-order valence-corrected chi connectivity index (χ0v) is 20.3. The molecule has 0 radical (unpaired) electrons. The van der Waals surface area contributed by atoms with Crippen molar-refractivity contribution in [3.05, 3.63) is 63.8 Å². The van der Waals surface area contributed by atoms with Gasteiger partial charge in [0.2, 0.25) is 11.8 Å². The van der Waals surface area contributed by atoms with E-state index in [0.29, 0.717) is 27.8 Å². The van der Waals surface area contributed by atoms with Crippen molar-refractivity contribution in [2.45, 2.75) is 26.7 Å². The summed E-state index contributed by atoms with van der Waals surface area (Å²) in [4.78, 5) is 37.9. The van der Waals surface area contributed by atoms with Crippen molar-refractivity contribution < 1.29 is 23.9 Å². The quantitative estimate of drug-likeness (QED) is 0.399. The molecule has 8 nitrogen and oxygen atoms in total. The molecule has 3 rings (SSSR count). The third-order valence-electron chi connectivity index (χ3n) is 5.11. The summed E-state index contributed by atoms with van der Waals surface area (Å²) < 4.78 is 10.8. The Hall–Kier alpha value is -3.85. The number of nitrogens with one attached hydrogen (secondary N) is 3. The number of benzene rings is 2. The normalized spacial score (nSPS) is 10.4. The first-order chi connectivity index (χ1) is 16.3. The maximum absolute atomic E-state index is 12.5. The lowest BCUT2D eigenvalue weighted by molar-refractivity contribution is -0.121. The van der Waals surface area contributed by atoms with Gasteiger partial charge in [0.25, 0.3) is 5.91 Å². The van der Waals surface area contributed by atoms with Crippen molar-refractivity contribution in [3.8, 4) is 11.5 Å².